The molecule has 5 nitrogen and oxygen atoms in total. The molecular weight excluding hydrogens is 395 g/mol. The number of halogens is 1. The van der Waals surface area contributed by atoms with Crippen molar-refractivity contribution in [2.24, 2.45) is 0 Å². The summed E-state index contributed by atoms with van der Waals surface area (Å²) < 4.78 is 19.7. The van der Waals surface area contributed by atoms with Crippen LogP contribution >= 0.6 is 0 Å². The van der Waals surface area contributed by atoms with E-state index in [4.69, 9.17) is 4.74 Å². The summed E-state index contributed by atoms with van der Waals surface area (Å²) in [7, 11) is 0. The highest BCUT2D eigenvalue weighted by atomic mass is 19.1. The van der Waals surface area contributed by atoms with Crippen molar-refractivity contribution >= 4 is 23.1 Å². The van der Waals surface area contributed by atoms with Crippen LogP contribution < -0.4 is 10.1 Å². The molecule has 31 heavy (non-hydrogen) atoms. The third-order valence-electron chi connectivity index (χ3n) is 4.95. The van der Waals surface area contributed by atoms with E-state index in [-0.39, 0.29) is 23.4 Å². The molecule has 0 fully saturated rings. The summed E-state index contributed by atoms with van der Waals surface area (Å²) in [5.74, 6) is -0.767. The highest BCUT2D eigenvalue weighted by molar-refractivity contribution is 6.36. The monoisotopic (exact) mass is 416 g/mol. The Bertz CT molecular complexity index is 1140. The van der Waals surface area contributed by atoms with Gasteiger partial charge in [-0.25, -0.2) is 4.39 Å². The number of hydrogen-bond acceptors (Lipinski definition) is 4. The predicted octanol–water partition coefficient (Wildman–Crippen LogP) is 4.62. The number of carbonyl (C=O) groups excluding carboxylic acids is 2. The first-order chi connectivity index (χ1) is 15.1. The maximum Gasteiger partial charge on any atom is 0.278 e. The van der Waals surface area contributed by atoms with E-state index in [9.17, 15) is 14.0 Å². The zero-order chi connectivity index (χ0) is 21.8. The number of para-hydroxylation sites is 1. The van der Waals surface area contributed by atoms with Gasteiger partial charge in [0.2, 0.25) is 0 Å². The molecule has 0 bridgehead atoms. The van der Waals surface area contributed by atoms with Crippen molar-refractivity contribution in [2.45, 2.75) is 13.5 Å². The number of nitrogens with zero attached hydrogens (tertiary/aromatic N) is 1. The molecule has 0 aromatic heterocycles. The molecule has 3 aromatic rings. The van der Waals surface area contributed by atoms with Gasteiger partial charge in [-0.15, -0.1) is 0 Å². The van der Waals surface area contributed by atoms with Crippen LogP contribution in [-0.2, 0) is 16.1 Å². The highest BCUT2D eigenvalue weighted by Gasteiger charge is 2.39. The molecule has 0 radical (unpaired) electrons. The van der Waals surface area contributed by atoms with Gasteiger partial charge in [0, 0.05) is 11.3 Å². The van der Waals surface area contributed by atoms with E-state index >= 15 is 0 Å². The van der Waals surface area contributed by atoms with Crippen LogP contribution in [0.25, 0.3) is 5.57 Å². The molecule has 3 aromatic carbocycles. The normalized spacial score (nSPS) is 13.7. The SMILES string of the molecule is CCOc1ccc(C2=C(Nc3ccccc3)C(=O)N(Cc3ccccc3F)C2=O)cc1. The van der Waals surface area contributed by atoms with E-state index < -0.39 is 17.6 Å². The van der Waals surface area contributed by atoms with Crippen LogP contribution in [0.1, 0.15) is 18.1 Å². The van der Waals surface area contributed by atoms with E-state index in [1.54, 1.807) is 54.6 Å². The molecule has 1 aliphatic rings. The maximum atomic E-state index is 14.2. The molecular formula is C25H21FN2O3. The Morgan fingerprint density at radius 2 is 1.55 bits per heavy atom. The lowest BCUT2D eigenvalue weighted by atomic mass is 10.0. The van der Waals surface area contributed by atoms with Crippen molar-refractivity contribution in [3.63, 3.8) is 0 Å². The molecule has 0 spiro atoms. The summed E-state index contributed by atoms with van der Waals surface area (Å²) >= 11 is 0. The Morgan fingerprint density at radius 1 is 0.871 bits per heavy atom. The van der Waals surface area contributed by atoms with E-state index in [1.165, 1.54) is 6.07 Å². The van der Waals surface area contributed by atoms with E-state index in [0.717, 1.165) is 4.90 Å². The quantitative estimate of drug-likeness (QED) is 0.571. The van der Waals surface area contributed by atoms with Crippen LogP contribution in [0.4, 0.5) is 10.1 Å². The summed E-state index contributed by atoms with van der Waals surface area (Å²) in [6.07, 6.45) is 0. The van der Waals surface area contributed by atoms with Crippen molar-refractivity contribution in [1.82, 2.24) is 4.90 Å². The first kappa shape index (κ1) is 20.3. The third kappa shape index (κ3) is 4.19. The van der Waals surface area contributed by atoms with Crippen LogP contribution in [-0.4, -0.2) is 23.3 Å². The predicted molar refractivity (Wildman–Crippen MR) is 117 cm³/mol. The first-order valence-corrected chi connectivity index (χ1v) is 9.97. The molecule has 1 heterocycles. The van der Waals surface area contributed by atoms with Crippen molar-refractivity contribution in [3.05, 3.63) is 102 Å². The van der Waals surface area contributed by atoms with Crippen molar-refractivity contribution in [1.29, 1.82) is 0 Å². The number of benzene rings is 3. The highest BCUT2D eigenvalue weighted by Crippen LogP contribution is 2.32. The van der Waals surface area contributed by atoms with Crippen molar-refractivity contribution in [3.8, 4) is 5.75 Å². The minimum absolute atomic E-state index is 0.148. The topological polar surface area (TPSA) is 58.6 Å². The van der Waals surface area contributed by atoms with Gasteiger partial charge in [0.1, 0.15) is 17.3 Å². The minimum Gasteiger partial charge on any atom is -0.494 e. The van der Waals surface area contributed by atoms with Gasteiger partial charge in [0.05, 0.1) is 18.7 Å². The Balaban J connectivity index is 1.72. The second kappa shape index (κ2) is 8.83. The molecule has 2 amide bonds. The smallest absolute Gasteiger partial charge is 0.278 e. The number of anilines is 1. The lowest BCUT2D eigenvalue weighted by molar-refractivity contribution is -0.137. The Kier molecular flexibility index (Phi) is 5.80. The zero-order valence-corrected chi connectivity index (χ0v) is 17.0. The molecule has 156 valence electrons. The second-order valence-corrected chi connectivity index (χ2v) is 6.99. The van der Waals surface area contributed by atoms with E-state index in [0.29, 0.717) is 23.6 Å². The molecule has 1 N–H and O–H groups in total. The second-order valence-electron chi connectivity index (χ2n) is 6.99. The number of rotatable bonds is 7. The van der Waals surface area contributed by atoms with Crippen LogP contribution in [0.5, 0.6) is 5.75 Å². The third-order valence-corrected chi connectivity index (χ3v) is 4.95. The van der Waals surface area contributed by atoms with Crippen LogP contribution in [0, 0.1) is 5.82 Å². The van der Waals surface area contributed by atoms with Gasteiger partial charge in [-0.2, -0.15) is 0 Å². The number of hydrogen-bond donors (Lipinski definition) is 1. The fourth-order valence-corrected chi connectivity index (χ4v) is 3.45. The largest absolute Gasteiger partial charge is 0.494 e. The summed E-state index contributed by atoms with van der Waals surface area (Å²) in [6.45, 7) is 2.26. The number of carbonyl (C=O) groups is 2. The van der Waals surface area contributed by atoms with Gasteiger partial charge < -0.3 is 10.1 Å². The van der Waals surface area contributed by atoms with Crippen LogP contribution in [0.15, 0.2) is 84.6 Å². The minimum atomic E-state index is -0.499. The standard InChI is InChI=1S/C25H21FN2O3/c1-2-31-20-14-12-17(13-15-20)22-23(27-19-9-4-3-5-10-19)25(30)28(24(22)29)16-18-8-6-7-11-21(18)26/h3-15,27H,2,16H2,1H3. The fourth-order valence-electron chi connectivity index (χ4n) is 3.45. The Labute approximate surface area is 179 Å². The van der Waals surface area contributed by atoms with E-state index in [1.807, 2.05) is 25.1 Å². The summed E-state index contributed by atoms with van der Waals surface area (Å²) in [5, 5.41) is 3.08. The number of imide groups is 1. The average molecular weight is 416 g/mol. The molecule has 6 heteroatoms. The van der Waals surface area contributed by atoms with Crippen LogP contribution in [0.3, 0.4) is 0 Å². The lowest BCUT2D eigenvalue weighted by Crippen LogP contribution is -2.32. The molecule has 1 aliphatic heterocycles. The summed E-state index contributed by atoms with van der Waals surface area (Å²) in [6, 6.07) is 22.2. The number of nitrogens with one attached hydrogen (secondary N) is 1. The molecule has 4 rings (SSSR count). The summed E-state index contributed by atoms with van der Waals surface area (Å²) in [5.41, 5.74) is 1.94. The number of ether oxygens (including phenoxy) is 1. The molecule has 0 saturated heterocycles. The maximum absolute atomic E-state index is 14.2. The van der Waals surface area contributed by atoms with Gasteiger partial charge in [-0.3, -0.25) is 14.5 Å². The Hall–Kier alpha value is -3.93. The Morgan fingerprint density at radius 3 is 2.23 bits per heavy atom. The van der Waals surface area contributed by atoms with Crippen molar-refractivity contribution in [2.75, 3.05) is 11.9 Å². The molecule has 0 aliphatic carbocycles. The van der Waals surface area contributed by atoms with Gasteiger partial charge in [-0.05, 0) is 42.8 Å². The molecule has 0 saturated carbocycles. The van der Waals surface area contributed by atoms with Gasteiger partial charge in [-0.1, -0.05) is 48.5 Å². The number of amides is 2. The van der Waals surface area contributed by atoms with Gasteiger partial charge >= 0.3 is 0 Å². The molecule has 0 unspecified atom stereocenters. The average Bonchev–Trinajstić information content (AvgIpc) is 3.01. The zero-order valence-electron chi connectivity index (χ0n) is 17.0. The van der Waals surface area contributed by atoms with Gasteiger partial charge in [0.25, 0.3) is 11.8 Å². The van der Waals surface area contributed by atoms with Gasteiger partial charge in [0.15, 0.2) is 0 Å². The molecule has 0 atom stereocenters. The summed E-state index contributed by atoms with van der Waals surface area (Å²) in [4.78, 5) is 27.6. The lowest BCUT2D eigenvalue weighted by Gasteiger charge is -2.16. The van der Waals surface area contributed by atoms with Crippen molar-refractivity contribution < 1.29 is 18.7 Å². The van der Waals surface area contributed by atoms with E-state index in [2.05, 4.69) is 5.32 Å². The fraction of sp³-hybridized carbons (Fsp3) is 0.120. The first-order valence-electron chi connectivity index (χ1n) is 9.97. The van der Waals surface area contributed by atoms with Crippen LogP contribution in [0.2, 0.25) is 0 Å².